The van der Waals surface area contributed by atoms with E-state index in [2.05, 4.69) is 40.9 Å². The minimum absolute atomic E-state index is 0.115. The smallest absolute Gasteiger partial charge is 0.228 e. The molecule has 0 aliphatic carbocycles. The Kier molecular flexibility index (Phi) is 3.49. The first-order chi connectivity index (χ1) is 8.04. The number of nitrogens with zero attached hydrogens (tertiary/aromatic N) is 3. The predicted octanol–water partition coefficient (Wildman–Crippen LogP) is 2.88. The minimum Gasteiger partial charge on any atom is -0.368 e. The number of rotatable bonds is 2. The van der Waals surface area contributed by atoms with Crippen LogP contribution in [0.15, 0.2) is 28.3 Å². The van der Waals surface area contributed by atoms with Crippen molar-refractivity contribution in [3.8, 4) is 0 Å². The molecule has 0 spiro atoms. The molecule has 1 aromatic carbocycles. The molecule has 2 rings (SSSR count). The first-order valence-corrected chi connectivity index (χ1v) is 6.16. The second-order valence-corrected chi connectivity index (χ2v) is 4.97. The Morgan fingerprint density at radius 2 is 1.88 bits per heavy atom. The van der Waals surface area contributed by atoms with Crippen molar-refractivity contribution in [3.05, 3.63) is 34.6 Å². The Hall–Kier alpha value is -1.33. The van der Waals surface area contributed by atoms with Gasteiger partial charge in [-0.05, 0) is 60.5 Å². The molecule has 2 aromatic rings. The third-order valence-corrected chi connectivity index (χ3v) is 3.32. The van der Waals surface area contributed by atoms with Gasteiger partial charge in [-0.3, -0.25) is 0 Å². The fourth-order valence-electron chi connectivity index (χ4n) is 1.27. The molecule has 0 radical (unpaired) electrons. The summed E-state index contributed by atoms with van der Waals surface area (Å²) in [6.45, 7) is 4.13. The fraction of sp³-hybridized carbons (Fsp3) is 0.182. The maximum Gasteiger partial charge on any atom is 0.228 e. The Morgan fingerprint density at radius 3 is 2.53 bits per heavy atom. The fourth-order valence-corrected chi connectivity index (χ4v) is 2.35. The Balaban J connectivity index is 2.28. The molecule has 0 atom stereocenters. The first-order valence-electron chi connectivity index (χ1n) is 4.97. The van der Waals surface area contributed by atoms with Crippen LogP contribution < -0.4 is 5.73 Å². The van der Waals surface area contributed by atoms with Crippen molar-refractivity contribution >= 4 is 29.3 Å². The largest absolute Gasteiger partial charge is 0.368 e. The number of anilines is 1. The van der Waals surface area contributed by atoms with E-state index in [0.717, 1.165) is 4.90 Å². The maximum absolute atomic E-state index is 5.72. The van der Waals surface area contributed by atoms with Crippen LogP contribution in [0.5, 0.6) is 0 Å². The van der Waals surface area contributed by atoms with Gasteiger partial charge in [0.2, 0.25) is 11.2 Å². The second-order valence-electron chi connectivity index (χ2n) is 3.59. The van der Waals surface area contributed by atoms with Gasteiger partial charge in [0.1, 0.15) is 0 Å². The lowest BCUT2D eigenvalue weighted by Gasteiger charge is -2.04. The predicted molar refractivity (Wildman–Crippen MR) is 69.3 cm³/mol. The van der Waals surface area contributed by atoms with Crippen molar-refractivity contribution in [3.63, 3.8) is 0 Å². The van der Waals surface area contributed by atoms with E-state index in [0.29, 0.717) is 5.16 Å². The highest BCUT2D eigenvalue weighted by molar-refractivity contribution is 7.99. The van der Waals surface area contributed by atoms with Gasteiger partial charge in [0.05, 0.1) is 0 Å². The van der Waals surface area contributed by atoms with E-state index in [-0.39, 0.29) is 11.2 Å². The zero-order valence-electron chi connectivity index (χ0n) is 9.44. The summed E-state index contributed by atoms with van der Waals surface area (Å²) in [5.41, 5.74) is 7.98. The van der Waals surface area contributed by atoms with E-state index < -0.39 is 0 Å². The van der Waals surface area contributed by atoms with E-state index in [4.69, 9.17) is 17.3 Å². The zero-order chi connectivity index (χ0) is 12.4. The lowest BCUT2D eigenvalue weighted by molar-refractivity contribution is 0.916. The molecule has 1 heterocycles. The van der Waals surface area contributed by atoms with Gasteiger partial charge in [-0.25, -0.2) is 0 Å². The average Bonchev–Trinajstić information content (AvgIpc) is 2.22. The van der Waals surface area contributed by atoms with Crippen LogP contribution in [0.25, 0.3) is 0 Å². The van der Waals surface area contributed by atoms with Crippen LogP contribution in [0.2, 0.25) is 5.28 Å². The monoisotopic (exact) mass is 266 g/mol. The maximum atomic E-state index is 5.72. The van der Waals surface area contributed by atoms with Gasteiger partial charge < -0.3 is 5.73 Å². The number of nitrogen functional groups attached to an aromatic ring is 1. The van der Waals surface area contributed by atoms with Crippen molar-refractivity contribution in [1.82, 2.24) is 15.0 Å². The number of hydrogen-bond donors (Lipinski definition) is 1. The topological polar surface area (TPSA) is 64.7 Å². The number of aromatic nitrogens is 3. The van der Waals surface area contributed by atoms with Crippen molar-refractivity contribution in [2.75, 3.05) is 5.73 Å². The van der Waals surface area contributed by atoms with E-state index in [1.54, 1.807) is 0 Å². The van der Waals surface area contributed by atoms with Crippen molar-refractivity contribution in [2.24, 2.45) is 0 Å². The first kappa shape index (κ1) is 12.1. The van der Waals surface area contributed by atoms with Gasteiger partial charge in [-0.1, -0.05) is 6.07 Å². The number of nitrogens with two attached hydrogens (primary N) is 1. The van der Waals surface area contributed by atoms with Gasteiger partial charge in [-0.2, -0.15) is 15.0 Å². The molecule has 88 valence electrons. The summed E-state index contributed by atoms with van der Waals surface area (Å²) in [6.07, 6.45) is 0. The van der Waals surface area contributed by atoms with Gasteiger partial charge >= 0.3 is 0 Å². The van der Waals surface area contributed by atoms with E-state index in [1.165, 1.54) is 22.9 Å². The summed E-state index contributed by atoms with van der Waals surface area (Å²) in [7, 11) is 0. The molecule has 0 saturated heterocycles. The lowest BCUT2D eigenvalue weighted by Crippen LogP contribution is -1.98. The van der Waals surface area contributed by atoms with Crippen molar-refractivity contribution in [1.29, 1.82) is 0 Å². The molecular weight excluding hydrogens is 256 g/mol. The molecule has 0 aliphatic heterocycles. The Morgan fingerprint density at radius 1 is 1.12 bits per heavy atom. The van der Waals surface area contributed by atoms with E-state index in [9.17, 15) is 0 Å². The normalized spacial score (nSPS) is 10.5. The van der Waals surface area contributed by atoms with Gasteiger partial charge in [0.15, 0.2) is 5.16 Å². The quantitative estimate of drug-likeness (QED) is 0.905. The summed E-state index contributed by atoms with van der Waals surface area (Å²) in [4.78, 5) is 12.8. The lowest BCUT2D eigenvalue weighted by atomic mass is 10.1. The molecule has 0 saturated carbocycles. The number of hydrogen-bond acceptors (Lipinski definition) is 5. The summed E-state index contributed by atoms with van der Waals surface area (Å²) in [5, 5.41) is 0.620. The number of aryl methyl sites for hydroxylation is 2. The molecule has 6 heteroatoms. The Labute approximate surface area is 109 Å². The highest BCUT2D eigenvalue weighted by atomic mass is 35.5. The van der Waals surface area contributed by atoms with Gasteiger partial charge in [-0.15, -0.1) is 0 Å². The highest BCUT2D eigenvalue weighted by Crippen LogP contribution is 2.27. The van der Waals surface area contributed by atoms with Crippen LogP contribution in [-0.4, -0.2) is 15.0 Å². The van der Waals surface area contributed by atoms with Crippen LogP contribution in [0, 0.1) is 13.8 Å². The highest BCUT2D eigenvalue weighted by Gasteiger charge is 2.05. The van der Waals surface area contributed by atoms with Crippen LogP contribution >= 0.6 is 23.4 Å². The summed E-state index contributed by atoms with van der Waals surface area (Å²) >= 11 is 7.13. The summed E-state index contributed by atoms with van der Waals surface area (Å²) in [6, 6.07) is 6.15. The molecule has 2 N–H and O–H groups in total. The molecular formula is C11H11ClN4S. The van der Waals surface area contributed by atoms with Crippen molar-refractivity contribution < 1.29 is 0 Å². The second kappa shape index (κ2) is 4.89. The molecule has 4 nitrogen and oxygen atoms in total. The third-order valence-electron chi connectivity index (χ3n) is 2.29. The molecule has 0 aliphatic rings. The minimum atomic E-state index is 0.115. The Bertz CT molecular complexity index is 539. The summed E-state index contributed by atoms with van der Waals surface area (Å²) < 4.78 is 0. The molecule has 0 amide bonds. The van der Waals surface area contributed by atoms with Crippen LogP contribution in [0.1, 0.15) is 11.1 Å². The number of halogens is 1. The van der Waals surface area contributed by atoms with E-state index >= 15 is 0 Å². The number of benzene rings is 1. The molecule has 17 heavy (non-hydrogen) atoms. The van der Waals surface area contributed by atoms with Gasteiger partial charge in [0, 0.05) is 4.90 Å². The molecule has 0 fully saturated rings. The SMILES string of the molecule is Cc1ccc(Sc2nc(N)nc(Cl)n2)cc1C. The third kappa shape index (κ3) is 3.08. The van der Waals surface area contributed by atoms with Gasteiger partial charge in [0.25, 0.3) is 0 Å². The molecule has 0 unspecified atom stereocenters. The van der Waals surface area contributed by atoms with E-state index in [1.807, 2.05) is 6.07 Å². The van der Waals surface area contributed by atoms with Crippen LogP contribution in [0.4, 0.5) is 5.95 Å². The molecule has 0 bridgehead atoms. The zero-order valence-corrected chi connectivity index (χ0v) is 11.0. The standard InChI is InChI=1S/C11H11ClN4S/c1-6-3-4-8(5-7(6)2)17-11-15-9(12)14-10(13)16-11/h3-5H,1-2H3,(H2,13,14,15,16). The van der Waals surface area contributed by atoms with Crippen LogP contribution in [-0.2, 0) is 0 Å². The molecule has 1 aromatic heterocycles. The van der Waals surface area contributed by atoms with Crippen LogP contribution in [0.3, 0.4) is 0 Å². The van der Waals surface area contributed by atoms with Crippen molar-refractivity contribution in [2.45, 2.75) is 23.9 Å². The summed E-state index contributed by atoms with van der Waals surface area (Å²) in [5.74, 6) is 0.135. The average molecular weight is 267 g/mol.